The van der Waals surface area contributed by atoms with E-state index in [-0.39, 0.29) is 10.8 Å². The molecule has 0 aromatic heterocycles. The minimum Gasteiger partial charge on any atom is -0.478 e. The van der Waals surface area contributed by atoms with Crippen molar-refractivity contribution in [3.8, 4) is 0 Å². The number of hydrogen-bond donors (Lipinski definition) is 1. The molecule has 1 N–H and O–H groups in total. The van der Waals surface area contributed by atoms with Crippen LogP contribution in [0.25, 0.3) is 0 Å². The molecule has 0 aliphatic heterocycles. The molecule has 2 heteroatoms. The Morgan fingerprint density at radius 3 is 1.65 bits per heavy atom. The highest BCUT2D eigenvalue weighted by Gasteiger charge is 2.37. The van der Waals surface area contributed by atoms with Crippen LogP contribution in [0.3, 0.4) is 0 Å². The van der Waals surface area contributed by atoms with E-state index in [0.717, 1.165) is 12.8 Å². The molecule has 1 aromatic carbocycles. The highest BCUT2D eigenvalue weighted by atomic mass is 16.4. The van der Waals surface area contributed by atoms with Crippen LogP contribution in [-0.2, 0) is 0 Å². The van der Waals surface area contributed by atoms with Gasteiger partial charge in [-0.2, -0.15) is 0 Å². The lowest BCUT2D eigenvalue weighted by atomic mass is 9.63. The molecule has 1 atom stereocenters. The molecule has 0 spiro atoms. The second kappa shape index (κ2) is 18.0. The zero-order valence-corrected chi connectivity index (χ0v) is 31.9. The molecular weight excluding hydrogens is 597 g/mol. The molecule has 0 radical (unpaired) electrons. The lowest BCUT2D eigenvalue weighted by Gasteiger charge is -2.41. The monoisotopic (exact) mass is 656 g/mol. The van der Waals surface area contributed by atoms with Gasteiger partial charge in [0.1, 0.15) is 0 Å². The van der Waals surface area contributed by atoms with E-state index >= 15 is 0 Å². The van der Waals surface area contributed by atoms with Crippen LogP contribution in [0.1, 0.15) is 123 Å². The Balaban J connectivity index is 1.55. The van der Waals surface area contributed by atoms with Gasteiger partial charge in [-0.3, -0.25) is 0 Å². The summed E-state index contributed by atoms with van der Waals surface area (Å²) in [6.07, 6.45) is 36.3. The lowest BCUT2D eigenvalue weighted by molar-refractivity contribution is 0.0697. The minimum absolute atomic E-state index is 0.0514. The molecule has 0 bridgehead atoms. The van der Waals surface area contributed by atoms with E-state index in [1.165, 1.54) is 69.4 Å². The topological polar surface area (TPSA) is 37.3 Å². The van der Waals surface area contributed by atoms with Crippen LogP contribution < -0.4 is 0 Å². The number of carboxylic acids is 1. The summed E-state index contributed by atoms with van der Waals surface area (Å²) in [4.78, 5) is 11.3. The zero-order chi connectivity index (χ0) is 36.2. The van der Waals surface area contributed by atoms with Crippen LogP contribution in [-0.4, -0.2) is 11.1 Å². The van der Waals surface area contributed by atoms with Crippen LogP contribution in [0.5, 0.6) is 0 Å². The first-order valence-corrected chi connectivity index (χ1v) is 17.9. The summed E-state index contributed by atoms with van der Waals surface area (Å²) < 4.78 is 0. The number of benzene rings is 1. The van der Waals surface area contributed by atoms with Crippen LogP contribution in [0.15, 0.2) is 154 Å². The Labute approximate surface area is 298 Å². The van der Waals surface area contributed by atoms with Gasteiger partial charge in [-0.1, -0.05) is 158 Å². The Kier molecular flexibility index (Phi) is 14.4. The first kappa shape index (κ1) is 39.3. The van der Waals surface area contributed by atoms with E-state index in [4.69, 9.17) is 0 Å². The van der Waals surface area contributed by atoms with Crippen molar-refractivity contribution < 1.29 is 9.90 Å². The van der Waals surface area contributed by atoms with Gasteiger partial charge in [0.15, 0.2) is 0 Å². The SMILES string of the molecule is CC1=C(/C=C/C(C)=C/C=C/C(C)=C/C=C/C=C(C)/C=C/C=C(C)/C=C/C2=C(C)CCC(c3ccc(C(=O)O)cc3)C2(C)C)C(C)(C)CCC1. The third-order valence-corrected chi connectivity index (χ3v) is 10.2. The minimum atomic E-state index is -0.882. The van der Waals surface area contributed by atoms with Gasteiger partial charge in [-0.25, -0.2) is 4.79 Å². The van der Waals surface area contributed by atoms with Crippen molar-refractivity contribution in [3.05, 3.63) is 165 Å². The van der Waals surface area contributed by atoms with Crippen molar-refractivity contribution in [1.82, 2.24) is 0 Å². The maximum atomic E-state index is 11.3. The molecule has 260 valence electrons. The zero-order valence-electron chi connectivity index (χ0n) is 31.9. The molecule has 1 aromatic rings. The fourth-order valence-corrected chi connectivity index (χ4v) is 7.17. The normalized spacial score (nSPS) is 21.5. The molecule has 0 fully saturated rings. The molecule has 49 heavy (non-hydrogen) atoms. The maximum absolute atomic E-state index is 11.3. The molecule has 0 amide bonds. The summed E-state index contributed by atoms with van der Waals surface area (Å²) in [5, 5.41) is 9.29. The maximum Gasteiger partial charge on any atom is 0.335 e. The molecule has 0 saturated carbocycles. The Hall–Kier alpha value is -4.17. The van der Waals surface area contributed by atoms with Gasteiger partial charge in [0.05, 0.1) is 5.56 Å². The number of carbonyl (C=O) groups is 1. The second-order valence-corrected chi connectivity index (χ2v) is 15.3. The smallest absolute Gasteiger partial charge is 0.335 e. The quantitative estimate of drug-likeness (QED) is 0.227. The Morgan fingerprint density at radius 2 is 1.14 bits per heavy atom. The van der Waals surface area contributed by atoms with E-state index in [0.29, 0.717) is 11.5 Å². The van der Waals surface area contributed by atoms with Gasteiger partial charge in [0, 0.05) is 0 Å². The molecule has 3 rings (SSSR count). The number of allylic oxidation sites excluding steroid dienone is 22. The van der Waals surface area contributed by atoms with Crippen molar-refractivity contribution in [2.75, 3.05) is 0 Å². The van der Waals surface area contributed by atoms with Crippen molar-refractivity contribution in [2.45, 2.75) is 107 Å². The summed E-state index contributed by atoms with van der Waals surface area (Å²) in [7, 11) is 0. The van der Waals surface area contributed by atoms with E-state index in [2.05, 4.69) is 154 Å². The first-order valence-electron chi connectivity index (χ1n) is 17.9. The molecule has 2 nitrogen and oxygen atoms in total. The third-order valence-electron chi connectivity index (χ3n) is 10.2. The van der Waals surface area contributed by atoms with Crippen LogP contribution >= 0.6 is 0 Å². The number of carboxylic acid groups (broad SMARTS) is 1. The number of hydrogen-bond acceptors (Lipinski definition) is 1. The van der Waals surface area contributed by atoms with Gasteiger partial charge in [-0.05, 0) is 119 Å². The van der Waals surface area contributed by atoms with Crippen molar-refractivity contribution in [1.29, 1.82) is 0 Å². The van der Waals surface area contributed by atoms with Crippen LogP contribution in [0.4, 0.5) is 0 Å². The fraction of sp³-hybridized carbons (Fsp3) is 0.383. The Morgan fingerprint density at radius 1 is 0.673 bits per heavy atom. The predicted octanol–water partition coefficient (Wildman–Crippen LogP) is 13.7. The van der Waals surface area contributed by atoms with Gasteiger partial charge >= 0.3 is 5.97 Å². The molecular formula is C47H60O2. The Bertz CT molecular complexity index is 1680. The molecule has 2 aliphatic carbocycles. The second-order valence-electron chi connectivity index (χ2n) is 15.3. The van der Waals surface area contributed by atoms with Crippen molar-refractivity contribution in [3.63, 3.8) is 0 Å². The average molecular weight is 657 g/mol. The van der Waals surface area contributed by atoms with E-state index < -0.39 is 5.97 Å². The molecule has 1 unspecified atom stereocenters. The highest BCUT2D eigenvalue weighted by molar-refractivity contribution is 5.87. The molecule has 0 heterocycles. The van der Waals surface area contributed by atoms with E-state index in [1.807, 2.05) is 12.1 Å². The van der Waals surface area contributed by atoms with Gasteiger partial charge in [0.2, 0.25) is 0 Å². The van der Waals surface area contributed by atoms with Crippen molar-refractivity contribution >= 4 is 5.97 Å². The van der Waals surface area contributed by atoms with E-state index in [1.54, 1.807) is 12.1 Å². The first-order chi connectivity index (χ1) is 23.1. The summed E-state index contributed by atoms with van der Waals surface area (Å²) in [6, 6.07) is 7.44. The fourth-order valence-electron chi connectivity index (χ4n) is 7.17. The van der Waals surface area contributed by atoms with Crippen molar-refractivity contribution in [2.24, 2.45) is 10.8 Å². The summed E-state index contributed by atoms with van der Waals surface area (Å²) in [5.41, 5.74) is 12.4. The largest absolute Gasteiger partial charge is 0.478 e. The van der Waals surface area contributed by atoms with Crippen LogP contribution in [0, 0.1) is 10.8 Å². The lowest BCUT2D eigenvalue weighted by Crippen LogP contribution is -2.28. The number of aromatic carboxylic acids is 1. The van der Waals surface area contributed by atoms with E-state index in [9.17, 15) is 9.90 Å². The molecule has 2 aliphatic rings. The highest BCUT2D eigenvalue weighted by Crippen LogP contribution is 2.50. The number of rotatable bonds is 12. The van der Waals surface area contributed by atoms with Crippen LogP contribution in [0.2, 0.25) is 0 Å². The summed E-state index contributed by atoms with van der Waals surface area (Å²) in [5.74, 6) is -0.541. The third kappa shape index (κ3) is 11.7. The summed E-state index contributed by atoms with van der Waals surface area (Å²) in [6.45, 7) is 22.4. The summed E-state index contributed by atoms with van der Waals surface area (Å²) >= 11 is 0. The van der Waals surface area contributed by atoms with Gasteiger partial charge in [0.25, 0.3) is 0 Å². The molecule has 0 saturated heterocycles. The average Bonchev–Trinajstić information content (AvgIpc) is 3.02. The predicted molar refractivity (Wildman–Crippen MR) is 213 cm³/mol. The van der Waals surface area contributed by atoms with Gasteiger partial charge < -0.3 is 5.11 Å². The van der Waals surface area contributed by atoms with Gasteiger partial charge in [-0.15, -0.1) is 0 Å². The standard InChI is InChI=1S/C47H60O2/c1-34(18-13-20-36(3)23-30-42-38(5)22-15-33-46(42,7)8)16-11-12-17-35(2)19-14-21-37(4)24-31-43-39(6)25-32-44(47(43,9)10)40-26-28-41(29-27-40)45(48)49/h11-14,16-21,23-24,26-31,44H,15,22,25,32-33H2,1-10H3,(H,48,49)/b12-11+,18-13+,19-14+,30-23+,31-24+,34-16+,35-17+,36-20+,37-21+.